The van der Waals surface area contributed by atoms with E-state index in [2.05, 4.69) is 132 Å². The lowest BCUT2D eigenvalue weighted by atomic mass is 9.46. The molecule has 0 amide bonds. The van der Waals surface area contributed by atoms with Crippen molar-refractivity contribution in [2.75, 3.05) is 0 Å². The van der Waals surface area contributed by atoms with Crippen molar-refractivity contribution in [3.63, 3.8) is 0 Å². The first kappa shape index (κ1) is 29.5. The van der Waals surface area contributed by atoms with Crippen LogP contribution in [-0.4, -0.2) is 11.2 Å². The van der Waals surface area contributed by atoms with E-state index in [0.717, 1.165) is 0 Å². The minimum atomic E-state index is -0.427. The molecule has 32 heavy (non-hydrogen) atoms. The van der Waals surface area contributed by atoms with Gasteiger partial charge in [-0.05, 0) is 71.5 Å². The van der Waals surface area contributed by atoms with Gasteiger partial charge in [0.2, 0.25) is 0 Å². The highest BCUT2D eigenvalue weighted by atomic mass is 16.5. The summed E-state index contributed by atoms with van der Waals surface area (Å²) in [6.45, 7) is 45.1. The molecule has 0 aliphatic heterocycles. The third-order valence-corrected chi connectivity index (χ3v) is 6.80. The highest BCUT2D eigenvalue weighted by Gasteiger charge is 2.63. The molecule has 1 aliphatic carbocycles. The molecule has 0 spiro atoms. The molecule has 1 heteroatoms. The maximum atomic E-state index is 7.47. The zero-order valence-electron chi connectivity index (χ0n) is 25.5. The molecule has 0 heterocycles. The van der Waals surface area contributed by atoms with Crippen molar-refractivity contribution in [3.8, 4) is 0 Å². The molecule has 0 saturated carbocycles. The van der Waals surface area contributed by atoms with Crippen LogP contribution < -0.4 is 0 Å². The van der Waals surface area contributed by atoms with Crippen LogP contribution in [0.2, 0.25) is 0 Å². The van der Waals surface area contributed by atoms with Gasteiger partial charge in [0.05, 0.1) is 5.60 Å². The Labute approximate surface area is 202 Å². The second kappa shape index (κ2) is 8.00. The fourth-order valence-electron chi connectivity index (χ4n) is 6.56. The average Bonchev–Trinajstić information content (AvgIpc) is 2.37. The van der Waals surface area contributed by atoms with E-state index in [0.29, 0.717) is 0 Å². The molecule has 0 radical (unpaired) electrons. The second-order valence-corrected chi connectivity index (χ2v) is 16.6. The quantitative estimate of drug-likeness (QED) is 0.389. The summed E-state index contributed by atoms with van der Waals surface area (Å²) in [6.07, 6.45) is 0. The molecule has 188 valence electrons. The molecule has 0 bridgehead atoms. The van der Waals surface area contributed by atoms with Crippen LogP contribution in [0, 0.1) is 33.0 Å². The van der Waals surface area contributed by atoms with E-state index in [1.807, 2.05) is 0 Å². The molecule has 0 fully saturated rings. The van der Waals surface area contributed by atoms with Crippen molar-refractivity contribution in [1.82, 2.24) is 0 Å². The van der Waals surface area contributed by atoms with Crippen molar-refractivity contribution in [1.29, 1.82) is 0 Å². The average molecular weight is 447 g/mol. The molecule has 0 aromatic rings. The number of hydrogen-bond acceptors (Lipinski definition) is 1. The Morgan fingerprint density at radius 2 is 0.938 bits per heavy atom. The Balaban J connectivity index is 4.64. The highest BCUT2D eigenvalue weighted by molar-refractivity contribution is 5.56. The number of rotatable bonds is 1. The molecule has 1 aliphatic rings. The van der Waals surface area contributed by atoms with Crippen LogP contribution in [0.4, 0.5) is 0 Å². The zero-order chi connectivity index (χ0) is 26.1. The van der Waals surface area contributed by atoms with Gasteiger partial charge in [0, 0.05) is 5.92 Å². The Kier molecular flexibility index (Phi) is 7.36. The van der Waals surface area contributed by atoms with E-state index in [1.54, 1.807) is 5.57 Å². The standard InChI is InChI=1S/C31H58O/c1-20-21(25(2,3)4)22(26(5,6)7)24(28(11,12)13)31(29(14,15)16,32-30(17,18)19)23(20)27(8,9)10/h23H,1-19H3. The first-order valence-electron chi connectivity index (χ1n) is 12.8. The van der Waals surface area contributed by atoms with E-state index >= 15 is 0 Å². The summed E-state index contributed by atoms with van der Waals surface area (Å²) in [5.74, 6) is 0.267. The van der Waals surface area contributed by atoms with Gasteiger partial charge in [0.15, 0.2) is 0 Å². The van der Waals surface area contributed by atoms with Crippen LogP contribution in [0.1, 0.15) is 132 Å². The third kappa shape index (κ3) is 5.39. The van der Waals surface area contributed by atoms with Gasteiger partial charge >= 0.3 is 0 Å². The van der Waals surface area contributed by atoms with Crippen molar-refractivity contribution in [2.45, 2.75) is 143 Å². The largest absolute Gasteiger partial charge is 0.364 e. The summed E-state index contributed by atoms with van der Waals surface area (Å²) < 4.78 is 7.47. The Morgan fingerprint density at radius 1 is 0.562 bits per heavy atom. The normalized spacial score (nSPS) is 25.0. The first-order chi connectivity index (χ1) is 13.6. The van der Waals surface area contributed by atoms with Gasteiger partial charge in [0.1, 0.15) is 5.60 Å². The van der Waals surface area contributed by atoms with Crippen molar-refractivity contribution >= 4 is 0 Å². The molecule has 0 aromatic carbocycles. The van der Waals surface area contributed by atoms with E-state index < -0.39 is 5.60 Å². The first-order valence-corrected chi connectivity index (χ1v) is 12.8. The van der Waals surface area contributed by atoms with Crippen LogP contribution in [0.25, 0.3) is 0 Å². The van der Waals surface area contributed by atoms with Crippen LogP contribution in [-0.2, 0) is 4.74 Å². The van der Waals surface area contributed by atoms with Gasteiger partial charge in [-0.1, -0.05) is 109 Å². The maximum absolute atomic E-state index is 7.47. The monoisotopic (exact) mass is 446 g/mol. The van der Waals surface area contributed by atoms with E-state index in [1.165, 1.54) is 16.7 Å². The second-order valence-electron chi connectivity index (χ2n) is 16.6. The van der Waals surface area contributed by atoms with Gasteiger partial charge in [0.25, 0.3) is 0 Å². The molecule has 2 atom stereocenters. The van der Waals surface area contributed by atoms with Gasteiger partial charge in [-0.2, -0.15) is 0 Å². The lowest BCUT2D eigenvalue weighted by Gasteiger charge is -2.64. The molecule has 1 nitrogen and oxygen atoms in total. The number of allylic oxidation sites excluding steroid dienone is 2. The smallest absolute Gasteiger partial charge is 0.103 e. The SMILES string of the molecule is CC1=C(C(C)(C)C)C(C(C)(C)C)=C(C(C)(C)C)C(OC(C)(C)C)(C(C)(C)C)C1C(C)(C)C. The van der Waals surface area contributed by atoms with Crippen LogP contribution >= 0.6 is 0 Å². The van der Waals surface area contributed by atoms with Gasteiger partial charge in [-0.25, -0.2) is 0 Å². The Morgan fingerprint density at radius 3 is 1.16 bits per heavy atom. The fourth-order valence-corrected chi connectivity index (χ4v) is 6.56. The predicted molar refractivity (Wildman–Crippen MR) is 144 cm³/mol. The number of ether oxygens (including phenoxy) is 1. The topological polar surface area (TPSA) is 9.23 Å². The summed E-state index contributed by atoms with van der Waals surface area (Å²) in [5.41, 5.74) is 5.37. The van der Waals surface area contributed by atoms with Crippen LogP contribution in [0.5, 0.6) is 0 Å². The van der Waals surface area contributed by atoms with Crippen molar-refractivity contribution in [2.24, 2.45) is 33.0 Å². The van der Waals surface area contributed by atoms with E-state index in [-0.39, 0.29) is 38.6 Å². The molecular weight excluding hydrogens is 388 g/mol. The molecule has 1 rings (SSSR count). The van der Waals surface area contributed by atoms with Gasteiger partial charge < -0.3 is 4.74 Å². The third-order valence-electron chi connectivity index (χ3n) is 6.80. The van der Waals surface area contributed by atoms with E-state index in [4.69, 9.17) is 4.74 Å². The molecule has 2 unspecified atom stereocenters. The van der Waals surface area contributed by atoms with E-state index in [9.17, 15) is 0 Å². The van der Waals surface area contributed by atoms with Crippen molar-refractivity contribution < 1.29 is 4.74 Å². The maximum Gasteiger partial charge on any atom is 0.103 e. The Hall–Kier alpha value is -0.560. The minimum Gasteiger partial charge on any atom is -0.364 e. The lowest BCUT2D eigenvalue weighted by Crippen LogP contribution is -2.64. The summed E-state index contributed by atoms with van der Waals surface area (Å²) in [5, 5.41) is 0. The van der Waals surface area contributed by atoms with Crippen LogP contribution in [0.3, 0.4) is 0 Å². The van der Waals surface area contributed by atoms with Crippen molar-refractivity contribution in [3.05, 3.63) is 22.3 Å². The summed E-state index contributed by atoms with van der Waals surface area (Å²) in [6, 6.07) is 0. The molecular formula is C31H58O. The van der Waals surface area contributed by atoms with Gasteiger partial charge in [-0.3, -0.25) is 0 Å². The van der Waals surface area contributed by atoms with Gasteiger partial charge in [-0.15, -0.1) is 0 Å². The lowest BCUT2D eigenvalue weighted by molar-refractivity contribution is -0.207. The Bertz CT molecular complexity index is 761. The highest BCUT2D eigenvalue weighted by Crippen LogP contribution is 2.65. The summed E-state index contributed by atoms with van der Waals surface area (Å²) in [7, 11) is 0. The fraction of sp³-hybridized carbons (Fsp3) is 0.871. The minimum absolute atomic E-state index is 0.00703. The summed E-state index contributed by atoms with van der Waals surface area (Å²) in [4.78, 5) is 0. The predicted octanol–water partition coefficient (Wildman–Crippen LogP) is 10.0. The number of hydrogen-bond donors (Lipinski definition) is 0. The molecule has 0 N–H and O–H groups in total. The summed E-state index contributed by atoms with van der Waals surface area (Å²) >= 11 is 0. The molecule has 0 aromatic heterocycles. The molecule has 0 saturated heterocycles. The zero-order valence-corrected chi connectivity index (χ0v) is 25.5. The van der Waals surface area contributed by atoms with Crippen LogP contribution in [0.15, 0.2) is 22.3 Å².